The third-order valence-corrected chi connectivity index (χ3v) is 2.19. The summed E-state index contributed by atoms with van der Waals surface area (Å²) in [5, 5.41) is 6.72. The van der Waals surface area contributed by atoms with Crippen LogP contribution in [0.25, 0.3) is 0 Å². The molecule has 0 aliphatic rings. The van der Waals surface area contributed by atoms with E-state index in [-0.39, 0.29) is 16.8 Å². The first-order valence-electron chi connectivity index (χ1n) is 4.56. The molecule has 0 atom stereocenters. The predicted octanol–water partition coefficient (Wildman–Crippen LogP) is 0.649. The zero-order chi connectivity index (χ0) is 11.6. The molecule has 0 fully saturated rings. The molecule has 0 aliphatic heterocycles. The van der Waals surface area contributed by atoms with E-state index in [0.29, 0.717) is 11.4 Å². The fourth-order valence-electron chi connectivity index (χ4n) is 1.03. The van der Waals surface area contributed by atoms with Crippen molar-refractivity contribution >= 4 is 28.9 Å². The Balaban J connectivity index is 2.98. The maximum Gasteiger partial charge on any atom is 0.228 e. The lowest BCUT2D eigenvalue weighted by Gasteiger charge is -2.09. The van der Waals surface area contributed by atoms with Gasteiger partial charge in [-0.2, -0.15) is 5.10 Å². The number of anilines is 1. The van der Waals surface area contributed by atoms with Crippen molar-refractivity contribution in [1.29, 1.82) is 0 Å². The molecule has 6 heteroatoms. The summed E-state index contributed by atoms with van der Waals surface area (Å²) in [5.74, 6) is 0.358. The molecule has 1 aromatic heterocycles. The third-order valence-electron chi connectivity index (χ3n) is 1.97. The Kier molecular flexibility index (Phi) is 3.41. The summed E-state index contributed by atoms with van der Waals surface area (Å²) in [5.41, 5.74) is 6.09. The van der Waals surface area contributed by atoms with Gasteiger partial charge in [-0.15, -0.1) is 0 Å². The Morgan fingerprint density at radius 2 is 2.27 bits per heavy atom. The van der Waals surface area contributed by atoms with Gasteiger partial charge in [0.05, 0.1) is 11.8 Å². The number of aromatic nitrogens is 2. The molecule has 0 aromatic carbocycles. The minimum absolute atomic E-state index is 0.0869. The highest BCUT2D eigenvalue weighted by molar-refractivity contribution is 7.80. The molecule has 1 rings (SSSR count). The van der Waals surface area contributed by atoms with Crippen LogP contribution in [0.1, 0.15) is 19.4 Å². The average molecular weight is 226 g/mol. The summed E-state index contributed by atoms with van der Waals surface area (Å²) in [4.78, 5) is 11.7. The van der Waals surface area contributed by atoms with Crippen LogP contribution in [0.15, 0.2) is 6.20 Å². The van der Waals surface area contributed by atoms with Gasteiger partial charge in [0.2, 0.25) is 5.91 Å². The van der Waals surface area contributed by atoms with E-state index >= 15 is 0 Å². The molecule has 0 aliphatic carbocycles. The zero-order valence-electron chi connectivity index (χ0n) is 8.94. The fourth-order valence-corrected chi connectivity index (χ4v) is 1.18. The minimum Gasteiger partial charge on any atom is -0.389 e. The maximum atomic E-state index is 11.5. The van der Waals surface area contributed by atoms with Crippen LogP contribution in [-0.4, -0.2) is 20.7 Å². The van der Waals surface area contributed by atoms with Gasteiger partial charge < -0.3 is 11.1 Å². The maximum absolute atomic E-state index is 11.5. The lowest BCUT2D eigenvalue weighted by molar-refractivity contribution is -0.118. The van der Waals surface area contributed by atoms with Crippen molar-refractivity contribution in [2.75, 3.05) is 5.32 Å². The fraction of sp³-hybridized carbons (Fsp3) is 0.444. The highest BCUT2D eigenvalue weighted by atomic mass is 32.1. The number of nitrogens with two attached hydrogens (primary N) is 1. The topological polar surface area (TPSA) is 72.9 Å². The number of hydrogen-bond donors (Lipinski definition) is 2. The third kappa shape index (κ3) is 2.53. The van der Waals surface area contributed by atoms with E-state index < -0.39 is 0 Å². The van der Waals surface area contributed by atoms with E-state index in [4.69, 9.17) is 18.0 Å². The first-order valence-corrected chi connectivity index (χ1v) is 4.97. The number of hydrogen-bond acceptors (Lipinski definition) is 3. The van der Waals surface area contributed by atoms with E-state index in [0.717, 1.165) is 0 Å². The van der Waals surface area contributed by atoms with Crippen LogP contribution in [0.3, 0.4) is 0 Å². The lowest BCUT2D eigenvalue weighted by Crippen LogP contribution is -2.22. The molecule has 0 saturated heterocycles. The van der Waals surface area contributed by atoms with Crippen molar-refractivity contribution in [2.24, 2.45) is 18.7 Å². The number of nitrogens with zero attached hydrogens (tertiary/aromatic N) is 2. The van der Waals surface area contributed by atoms with E-state index in [1.54, 1.807) is 7.05 Å². The molecule has 0 bridgehead atoms. The van der Waals surface area contributed by atoms with Gasteiger partial charge >= 0.3 is 0 Å². The minimum atomic E-state index is -0.0981. The van der Waals surface area contributed by atoms with Gasteiger partial charge in [0.25, 0.3) is 0 Å². The number of aryl methyl sites for hydroxylation is 1. The first kappa shape index (κ1) is 11.6. The molecule has 5 nitrogen and oxygen atoms in total. The Hall–Kier alpha value is -1.43. The van der Waals surface area contributed by atoms with Crippen LogP contribution >= 0.6 is 12.2 Å². The highest BCUT2D eigenvalue weighted by Gasteiger charge is 2.15. The van der Waals surface area contributed by atoms with E-state index in [1.165, 1.54) is 10.9 Å². The molecule has 0 radical (unpaired) electrons. The molecule has 82 valence electrons. The predicted molar refractivity (Wildman–Crippen MR) is 62.6 cm³/mol. The normalized spacial score (nSPS) is 10.4. The molecule has 1 heterocycles. The van der Waals surface area contributed by atoms with Crippen molar-refractivity contribution in [3.05, 3.63) is 11.8 Å². The van der Waals surface area contributed by atoms with Gasteiger partial charge in [0.15, 0.2) is 0 Å². The second-order valence-corrected chi connectivity index (χ2v) is 3.98. The Labute approximate surface area is 93.6 Å². The van der Waals surface area contributed by atoms with Gasteiger partial charge in [-0.05, 0) is 0 Å². The van der Waals surface area contributed by atoms with Gasteiger partial charge in [-0.1, -0.05) is 26.1 Å². The molecule has 3 N–H and O–H groups in total. The Morgan fingerprint density at radius 3 is 2.73 bits per heavy atom. The van der Waals surface area contributed by atoms with Gasteiger partial charge in [-0.25, -0.2) is 0 Å². The van der Waals surface area contributed by atoms with Crippen molar-refractivity contribution < 1.29 is 4.79 Å². The van der Waals surface area contributed by atoms with Crippen LogP contribution < -0.4 is 11.1 Å². The summed E-state index contributed by atoms with van der Waals surface area (Å²) >= 11 is 4.85. The summed E-state index contributed by atoms with van der Waals surface area (Å²) in [7, 11) is 1.72. The summed E-state index contributed by atoms with van der Waals surface area (Å²) in [6.07, 6.45) is 1.54. The number of carbonyl (C=O) groups is 1. The molecular weight excluding hydrogens is 212 g/mol. The average Bonchev–Trinajstić information content (AvgIpc) is 2.48. The van der Waals surface area contributed by atoms with Crippen molar-refractivity contribution in [3.63, 3.8) is 0 Å². The van der Waals surface area contributed by atoms with Crippen molar-refractivity contribution in [2.45, 2.75) is 13.8 Å². The van der Waals surface area contributed by atoms with Crippen LogP contribution in [-0.2, 0) is 11.8 Å². The highest BCUT2D eigenvalue weighted by Crippen LogP contribution is 2.14. The van der Waals surface area contributed by atoms with Crippen LogP contribution in [0, 0.1) is 5.92 Å². The molecule has 15 heavy (non-hydrogen) atoms. The Bertz CT molecular complexity index is 397. The zero-order valence-corrected chi connectivity index (χ0v) is 9.76. The van der Waals surface area contributed by atoms with Crippen LogP contribution in [0.5, 0.6) is 0 Å². The number of rotatable bonds is 3. The second-order valence-electron chi connectivity index (χ2n) is 3.54. The molecule has 1 aromatic rings. The quantitative estimate of drug-likeness (QED) is 0.742. The lowest BCUT2D eigenvalue weighted by atomic mass is 10.2. The van der Waals surface area contributed by atoms with E-state index in [1.807, 2.05) is 13.8 Å². The molecule has 0 spiro atoms. The number of amides is 1. The van der Waals surface area contributed by atoms with Gasteiger partial charge in [0, 0.05) is 13.0 Å². The first-order chi connectivity index (χ1) is 6.93. The monoisotopic (exact) mass is 226 g/mol. The number of thiocarbonyl (C=S) groups is 1. The number of nitrogens with one attached hydrogen (secondary N) is 1. The summed E-state index contributed by atoms with van der Waals surface area (Å²) in [6.45, 7) is 3.62. The van der Waals surface area contributed by atoms with E-state index in [2.05, 4.69) is 10.4 Å². The molecule has 0 unspecified atom stereocenters. The number of carbonyl (C=O) groups excluding carboxylic acids is 1. The standard InChI is InChI=1S/C9H14N4OS/c1-5(2)9(14)12-8-6(7(10)15)4-11-13(8)3/h4-5H,1-3H3,(H2,10,15)(H,12,14). The largest absolute Gasteiger partial charge is 0.389 e. The molecule has 1 amide bonds. The van der Waals surface area contributed by atoms with Gasteiger partial charge in [0.1, 0.15) is 10.8 Å². The van der Waals surface area contributed by atoms with Crippen LogP contribution in [0.2, 0.25) is 0 Å². The molecular formula is C9H14N4OS. The van der Waals surface area contributed by atoms with Gasteiger partial charge in [-0.3, -0.25) is 9.48 Å². The van der Waals surface area contributed by atoms with Crippen LogP contribution in [0.4, 0.5) is 5.82 Å². The Morgan fingerprint density at radius 1 is 1.67 bits per heavy atom. The van der Waals surface area contributed by atoms with Crippen molar-refractivity contribution in [3.8, 4) is 0 Å². The molecule has 0 saturated carbocycles. The second kappa shape index (κ2) is 4.39. The smallest absolute Gasteiger partial charge is 0.228 e. The summed E-state index contributed by atoms with van der Waals surface area (Å²) < 4.78 is 1.54. The SMILES string of the molecule is CC(C)C(=O)Nc1c(C(N)=S)cnn1C. The summed E-state index contributed by atoms with van der Waals surface area (Å²) in [6, 6.07) is 0. The van der Waals surface area contributed by atoms with Crippen molar-refractivity contribution in [1.82, 2.24) is 9.78 Å². The van der Waals surface area contributed by atoms with E-state index in [9.17, 15) is 4.79 Å².